The van der Waals surface area contributed by atoms with E-state index in [9.17, 15) is 10.4 Å². The second-order valence-corrected chi connectivity index (χ2v) is 7.24. The van der Waals surface area contributed by atoms with Crippen LogP contribution in [0.4, 0.5) is 0 Å². The van der Waals surface area contributed by atoms with Crippen LogP contribution in [0.2, 0.25) is 0 Å². The molecule has 0 radical (unpaired) electrons. The zero-order valence-electron chi connectivity index (χ0n) is 19.4. The first-order valence-electron chi connectivity index (χ1n) is 10.8. The van der Waals surface area contributed by atoms with Crippen LogP contribution in [0.3, 0.4) is 0 Å². The summed E-state index contributed by atoms with van der Waals surface area (Å²) in [6, 6.07) is 35.7. The van der Waals surface area contributed by atoms with Crippen molar-refractivity contribution in [2.75, 3.05) is 0 Å². The number of hydrogen-bond acceptors (Lipinski definition) is 8. The second-order valence-electron chi connectivity index (χ2n) is 7.24. The Balaban J connectivity index is 0.000000253. The molecule has 4 rings (SSSR count). The molecule has 0 heterocycles. The molecule has 0 saturated heterocycles. The summed E-state index contributed by atoms with van der Waals surface area (Å²) in [6.45, 7) is 0. The summed E-state index contributed by atoms with van der Waals surface area (Å²) < 4.78 is 0. The molecule has 0 bridgehead atoms. The van der Waals surface area contributed by atoms with Gasteiger partial charge >= 0.3 is 16.5 Å². The van der Waals surface area contributed by atoms with Gasteiger partial charge in [0.1, 0.15) is 11.4 Å². The monoisotopic (exact) mass is 536 g/mol. The summed E-state index contributed by atoms with van der Waals surface area (Å²) in [5.74, 6) is 0. The number of nitrogens with zero attached hydrogens (tertiary/aromatic N) is 4. The molecule has 0 aromatic heterocycles. The van der Waals surface area contributed by atoms with E-state index in [-0.39, 0.29) is 39.3 Å². The van der Waals surface area contributed by atoms with Gasteiger partial charge < -0.3 is 31.1 Å². The van der Waals surface area contributed by atoms with Gasteiger partial charge in [-0.2, -0.15) is 0 Å². The Morgan fingerprint density at radius 3 is 0.811 bits per heavy atom. The van der Waals surface area contributed by atoms with Gasteiger partial charge in [-0.05, 0) is 0 Å². The van der Waals surface area contributed by atoms with Crippen LogP contribution in [-0.2, 0) is 16.5 Å². The molecule has 2 N–H and O–H groups in total. The van der Waals surface area contributed by atoms with Gasteiger partial charge in [0.15, 0.2) is 0 Å². The molecule has 4 aromatic carbocycles. The summed E-state index contributed by atoms with van der Waals surface area (Å²) in [6.07, 6.45) is 0. The largest absolute Gasteiger partial charge is 2.00 e. The molecule has 9 heteroatoms. The van der Waals surface area contributed by atoms with Crippen molar-refractivity contribution in [1.82, 2.24) is 0 Å². The molecule has 0 spiro atoms. The average molecular weight is 537 g/mol. The Kier molecular flexibility index (Phi) is 11.8. The van der Waals surface area contributed by atoms with Gasteiger partial charge in [0, 0.05) is 22.3 Å². The minimum atomic E-state index is 0. The van der Waals surface area contributed by atoms with Gasteiger partial charge in [-0.3, -0.25) is 0 Å². The molecule has 0 fully saturated rings. The SMILES string of the molecule is [Ni+2].[O-]N=C(C(=NO)c1ccccc1)c1ccccc1.[O-]N=C(C(=NO)c1ccccc1)c1ccccc1. The smallest absolute Gasteiger partial charge is 0.791 e. The maximum atomic E-state index is 11.0. The second kappa shape index (κ2) is 15.3. The Morgan fingerprint density at radius 1 is 0.405 bits per heavy atom. The Labute approximate surface area is 224 Å². The molecule has 0 atom stereocenters. The third-order valence-electron chi connectivity index (χ3n) is 5.02. The molecule has 8 nitrogen and oxygen atoms in total. The minimum absolute atomic E-state index is 0. The molecule has 0 aliphatic rings. The van der Waals surface area contributed by atoms with Crippen molar-refractivity contribution in [3.8, 4) is 0 Å². The molecule has 4 aromatic rings. The van der Waals surface area contributed by atoms with Crippen LogP contribution in [0, 0.1) is 10.4 Å². The van der Waals surface area contributed by atoms with E-state index in [1.54, 1.807) is 97.1 Å². The summed E-state index contributed by atoms with van der Waals surface area (Å²) in [4.78, 5) is 0. The van der Waals surface area contributed by atoms with Crippen LogP contribution >= 0.6 is 0 Å². The van der Waals surface area contributed by atoms with Crippen LogP contribution in [0.15, 0.2) is 142 Å². The van der Waals surface area contributed by atoms with Gasteiger partial charge in [-0.25, -0.2) is 0 Å². The number of benzene rings is 4. The first-order valence-corrected chi connectivity index (χ1v) is 10.8. The Hall–Kier alpha value is -4.75. The van der Waals surface area contributed by atoms with Gasteiger partial charge in [0.25, 0.3) is 0 Å². The van der Waals surface area contributed by atoms with E-state index < -0.39 is 0 Å². The predicted molar refractivity (Wildman–Crippen MR) is 142 cm³/mol. The molecule has 0 aliphatic heterocycles. The summed E-state index contributed by atoms with van der Waals surface area (Å²) >= 11 is 0. The van der Waals surface area contributed by atoms with Crippen molar-refractivity contribution < 1.29 is 26.9 Å². The molecular formula is C28H22N4NiO4. The fraction of sp³-hybridized carbons (Fsp3) is 0. The van der Waals surface area contributed by atoms with E-state index in [1.165, 1.54) is 0 Å². The first-order chi connectivity index (χ1) is 17.7. The quantitative estimate of drug-likeness (QED) is 0.141. The molecule has 0 unspecified atom stereocenters. The first kappa shape index (κ1) is 28.5. The van der Waals surface area contributed by atoms with Crippen LogP contribution < -0.4 is 0 Å². The van der Waals surface area contributed by atoms with Gasteiger partial charge in [0.2, 0.25) is 0 Å². The van der Waals surface area contributed by atoms with Gasteiger partial charge in [-0.15, -0.1) is 0 Å². The molecule has 0 saturated carbocycles. The third kappa shape index (κ3) is 7.62. The average Bonchev–Trinajstić information content (AvgIpc) is 2.96. The zero-order valence-corrected chi connectivity index (χ0v) is 20.4. The maximum Gasteiger partial charge on any atom is 2.00 e. The van der Waals surface area contributed by atoms with E-state index in [4.69, 9.17) is 10.4 Å². The van der Waals surface area contributed by atoms with Crippen LogP contribution in [0.5, 0.6) is 0 Å². The summed E-state index contributed by atoms with van der Waals surface area (Å²) in [5, 5.41) is 52.6. The van der Waals surface area contributed by atoms with Gasteiger partial charge in [0.05, 0.1) is 11.4 Å². The van der Waals surface area contributed by atoms with E-state index in [0.717, 1.165) is 0 Å². The minimum Gasteiger partial charge on any atom is -0.791 e. The van der Waals surface area contributed by atoms with Crippen LogP contribution in [0.1, 0.15) is 22.3 Å². The standard InChI is InChI=1S/2C14H12N2O2.Ni/c2*17-15-13(11-7-3-1-4-8-11)14(16-18)12-9-5-2-6-10-12;/h2*1-10,17-18H;/q;;+2/p-2. The fourth-order valence-electron chi connectivity index (χ4n) is 3.33. The van der Waals surface area contributed by atoms with E-state index in [0.29, 0.717) is 22.3 Å². The molecular weight excluding hydrogens is 515 g/mol. The number of oxime groups is 2. The van der Waals surface area contributed by atoms with Crippen molar-refractivity contribution in [1.29, 1.82) is 0 Å². The van der Waals surface area contributed by atoms with E-state index in [1.807, 2.05) is 24.3 Å². The number of hydrogen-bond donors (Lipinski definition) is 2. The Bertz CT molecular complexity index is 1130. The fourth-order valence-corrected chi connectivity index (χ4v) is 3.33. The van der Waals surface area contributed by atoms with Crippen molar-refractivity contribution in [3.63, 3.8) is 0 Å². The third-order valence-corrected chi connectivity index (χ3v) is 5.02. The number of rotatable bonds is 6. The predicted octanol–water partition coefficient (Wildman–Crippen LogP) is 5.70. The van der Waals surface area contributed by atoms with Crippen LogP contribution in [-0.4, -0.2) is 33.3 Å². The van der Waals surface area contributed by atoms with Gasteiger partial charge in [-0.1, -0.05) is 132 Å². The molecule has 0 amide bonds. The summed E-state index contributed by atoms with van der Waals surface area (Å²) in [5.41, 5.74) is 3.06. The normalized spacial score (nSPS) is 12.1. The summed E-state index contributed by atoms with van der Waals surface area (Å²) in [7, 11) is 0. The van der Waals surface area contributed by atoms with E-state index in [2.05, 4.69) is 20.6 Å². The Morgan fingerprint density at radius 2 is 0.622 bits per heavy atom. The maximum absolute atomic E-state index is 11.0. The molecule has 0 aliphatic carbocycles. The zero-order chi connectivity index (χ0) is 25.6. The molecule has 37 heavy (non-hydrogen) atoms. The van der Waals surface area contributed by atoms with Crippen molar-refractivity contribution >= 4 is 22.8 Å². The van der Waals surface area contributed by atoms with Crippen molar-refractivity contribution in [2.45, 2.75) is 0 Å². The van der Waals surface area contributed by atoms with E-state index >= 15 is 0 Å². The van der Waals surface area contributed by atoms with Crippen molar-refractivity contribution in [3.05, 3.63) is 154 Å². The van der Waals surface area contributed by atoms with Crippen molar-refractivity contribution in [2.24, 2.45) is 20.6 Å². The van der Waals surface area contributed by atoms with Crippen LogP contribution in [0.25, 0.3) is 0 Å². The topological polar surface area (TPSA) is 136 Å². The molecule has 188 valence electrons.